The molecule has 9 nitrogen and oxygen atoms in total. The average molecular weight is 543 g/mol. The minimum Gasteiger partial charge on any atom is -0.443 e. The highest BCUT2D eigenvalue weighted by atomic mass is 16.6. The summed E-state index contributed by atoms with van der Waals surface area (Å²) >= 11 is 0. The zero-order valence-electron chi connectivity index (χ0n) is 24.2. The molecule has 1 aromatic heterocycles. The second-order valence-corrected chi connectivity index (χ2v) is 11.7. The van der Waals surface area contributed by atoms with E-state index in [1.807, 2.05) is 43.3 Å². The molecule has 0 aliphatic carbocycles. The number of aromatic nitrogens is 1. The molecule has 3 rings (SSSR count). The summed E-state index contributed by atoms with van der Waals surface area (Å²) in [6.45, 7) is 15.0. The summed E-state index contributed by atoms with van der Waals surface area (Å²) in [5.74, 6) is 0.0889. The highest BCUT2D eigenvalue weighted by Crippen LogP contribution is 2.37. The average Bonchev–Trinajstić information content (AvgIpc) is 3.31. The van der Waals surface area contributed by atoms with Crippen LogP contribution >= 0.6 is 0 Å². The maximum absolute atomic E-state index is 13.2. The number of carbonyl (C=O) groups is 2. The fraction of sp³-hybridized carbons (Fsp3) is 0.567. The minimum absolute atomic E-state index is 0.0889. The van der Waals surface area contributed by atoms with E-state index in [0.717, 1.165) is 22.4 Å². The van der Waals surface area contributed by atoms with Crippen LogP contribution in [0.4, 0.5) is 15.4 Å². The molecule has 214 valence electrons. The SMILES string of the molecule is CCOCC1(c2ccc(N(C(=O)OC(C)(C)C)C(=O)OC(C)(C)C)nc2COCc2ccccc2)CCOC1. The van der Waals surface area contributed by atoms with Gasteiger partial charge in [0.2, 0.25) is 0 Å². The first-order valence-electron chi connectivity index (χ1n) is 13.4. The van der Waals surface area contributed by atoms with E-state index in [-0.39, 0.29) is 12.4 Å². The Morgan fingerprint density at radius 3 is 2.10 bits per heavy atom. The lowest BCUT2D eigenvalue weighted by atomic mass is 9.79. The molecule has 0 N–H and O–H groups in total. The monoisotopic (exact) mass is 542 g/mol. The van der Waals surface area contributed by atoms with Crippen molar-refractivity contribution in [2.24, 2.45) is 0 Å². The van der Waals surface area contributed by atoms with Crippen LogP contribution in [0.5, 0.6) is 0 Å². The van der Waals surface area contributed by atoms with Crippen LogP contribution in [0.3, 0.4) is 0 Å². The largest absolute Gasteiger partial charge is 0.443 e. The Morgan fingerprint density at radius 1 is 0.923 bits per heavy atom. The number of rotatable bonds is 9. The van der Waals surface area contributed by atoms with Crippen molar-refractivity contribution >= 4 is 18.0 Å². The molecule has 9 heteroatoms. The zero-order valence-corrected chi connectivity index (χ0v) is 24.2. The quantitative estimate of drug-likeness (QED) is 0.371. The van der Waals surface area contributed by atoms with E-state index in [9.17, 15) is 9.59 Å². The Hall–Kier alpha value is -3.01. The van der Waals surface area contributed by atoms with Crippen molar-refractivity contribution in [3.63, 3.8) is 0 Å². The van der Waals surface area contributed by atoms with Gasteiger partial charge in [0.1, 0.15) is 17.0 Å². The molecular weight excluding hydrogens is 500 g/mol. The molecule has 1 atom stereocenters. The van der Waals surface area contributed by atoms with Crippen LogP contribution in [-0.4, -0.2) is 54.8 Å². The first-order chi connectivity index (χ1) is 18.3. The number of carbonyl (C=O) groups excluding carboxylic acids is 2. The lowest BCUT2D eigenvalue weighted by Crippen LogP contribution is -2.44. The number of anilines is 1. The van der Waals surface area contributed by atoms with E-state index in [2.05, 4.69) is 0 Å². The summed E-state index contributed by atoms with van der Waals surface area (Å²) in [4.78, 5) is 32.1. The van der Waals surface area contributed by atoms with Crippen molar-refractivity contribution in [2.75, 3.05) is 31.3 Å². The predicted molar refractivity (Wildman–Crippen MR) is 148 cm³/mol. The minimum atomic E-state index is -0.874. The molecule has 0 saturated carbocycles. The van der Waals surface area contributed by atoms with Crippen molar-refractivity contribution in [3.05, 3.63) is 59.3 Å². The van der Waals surface area contributed by atoms with Crippen LogP contribution in [0.2, 0.25) is 0 Å². The summed E-state index contributed by atoms with van der Waals surface area (Å²) in [5, 5.41) is 0. The van der Waals surface area contributed by atoms with Crippen LogP contribution in [-0.2, 0) is 42.3 Å². The van der Waals surface area contributed by atoms with Gasteiger partial charge in [-0.25, -0.2) is 14.6 Å². The number of benzene rings is 1. The summed E-state index contributed by atoms with van der Waals surface area (Å²) in [6, 6.07) is 13.3. The molecule has 1 unspecified atom stereocenters. The second kappa shape index (κ2) is 12.9. The maximum atomic E-state index is 13.2. The Balaban J connectivity index is 2.03. The third-order valence-corrected chi connectivity index (χ3v) is 5.95. The molecule has 39 heavy (non-hydrogen) atoms. The normalized spacial score (nSPS) is 17.6. The smallest absolute Gasteiger partial charge is 0.425 e. The second-order valence-electron chi connectivity index (χ2n) is 11.7. The molecule has 0 spiro atoms. The number of amides is 2. The third kappa shape index (κ3) is 8.74. The fourth-order valence-electron chi connectivity index (χ4n) is 4.23. The molecule has 1 saturated heterocycles. The summed E-state index contributed by atoms with van der Waals surface area (Å²) in [6.07, 6.45) is -0.996. The van der Waals surface area contributed by atoms with Gasteiger partial charge in [0.15, 0.2) is 0 Å². The van der Waals surface area contributed by atoms with E-state index in [4.69, 9.17) is 28.7 Å². The van der Waals surface area contributed by atoms with Crippen molar-refractivity contribution in [2.45, 2.75) is 84.7 Å². The Kier molecular flexibility index (Phi) is 10.1. The van der Waals surface area contributed by atoms with Crippen molar-refractivity contribution in [1.29, 1.82) is 0 Å². The van der Waals surface area contributed by atoms with Gasteiger partial charge in [-0.2, -0.15) is 4.90 Å². The number of nitrogens with zero attached hydrogens (tertiary/aromatic N) is 2. The van der Waals surface area contributed by atoms with Gasteiger partial charge >= 0.3 is 12.2 Å². The first kappa shape index (κ1) is 30.5. The number of imide groups is 1. The molecule has 0 bridgehead atoms. The molecule has 1 fully saturated rings. The zero-order chi connectivity index (χ0) is 28.7. The van der Waals surface area contributed by atoms with Gasteiger partial charge in [0, 0.05) is 18.6 Å². The van der Waals surface area contributed by atoms with Gasteiger partial charge in [0.05, 0.1) is 32.1 Å². The molecule has 2 heterocycles. The van der Waals surface area contributed by atoms with E-state index in [1.54, 1.807) is 47.6 Å². The molecule has 0 radical (unpaired) electrons. The predicted octanol–water partition coefficient (Wildman–Crippen LogP) is 6.17. The Labute approximate surface area is 231 Å². The van der Waals surface area contributed by atoms with Crippen molar-refractivity contribution in [1.82, 2.24) is 4.98 Å². The molecule has 1 aliphatic heterocycles. The van der Waals surface area contributed by atoms with E-state index in [0.29, 0.717) is 38.7 Å². The topological polar surface area (TPSA) is 96.4 Å². The van der Waals surface area contributed by atoms with Gasteiger partial charge in [-0.1, -0.05) is 36.4 Å². The molecule has 2 aromatic rings. The number of pyridine rings is 1. The maximum Gasteiger partial charge on any atom is 0.425 e. The summed E-state index contributed by atoms with van der Waals surface area (Å²) in [5.41, 5.74) is 0.427. The van der Waals surface area contributed by atoms with Crippen molar-refractivity contribution < 1.29 is 33.3 Å². The number of hydrogen-bond acceptors (Lipinski definition) is 8. The van der Waals surface area contributed by atoms with Gasteiger partial charge in [-0.3, -0.25) is 0 Å². The third-order valence-electron chi connectivity index (χ3n) is 5.95. The molecular formula is C30H42N2O7. The highest BCUT2D eigenvalue weighted by molar-refractivity contribution is 6.08. The van der Waals surface area contributed by atoms with Crippen LogP contribution in [0, 0.1) is 0 Å². The van der Waals surface area contributed by atoms with E-state index >= 15 is 0 Å². The molecule has 2 amide bonds. The molecule has 1 aromatic carbocycles. The summed E-state index contributed by atoms with van der Waals surface area (Å²) in [7, 11) is 0. The lowest BCUT2D eigenvalue weighted by molar-refractivity contribution is 0.0428. The Bertz CT molecular complexity index is 1070. The highest BCUT2D eigenvalue weighted by Gasteiger charge is 2.40. The van der Waals surface area contributed by atoms with Crippen LogP contribution in [0.1, 0.15) is 71.7 Å². The van der Waals surface area contributed by atoms with E-state index in [1.165, 1.54) is 0 Å². The van der Waals surface area contributed by atoms with Gasteiger partial charge in [0.25, 0.3) is 0 Å². The van der Waals surface area contributed by atoms with E-state index < -0.39 is 28.8 Å². The first-order valence-corrected chi connectivity index (χ1v) is 13.4. The van der Waals surface area contributed by atoms with Gasteiger partial charge < -0.3 is 23.7 Å². The van der Waals surface area contributed by atoms with Crippen molar-refractivity contribution in [3.8, 4) is 0 Å². The Morgan fingerprint density at radius 2 is 1.56 bits per heavy atom. The summed E-state index contributed by atoms with van der Waals surface area (Å²) < 4.78 is 28.8. The van der Waals surface area contributed by atoms with Crippen LogP contribution in [0.15, 0.2) is 42.5 Å². The van der Waals surface area contributed by atoms with Crippen LogP contribution in [0.25, 0.3) is 0 Å². The fourth-order valence-corrected chi connectivity index (χ4v) is 4.23. The van der Waals surface area contributed by atoms with Gasteiger partial charge in [-0.15, -0.1) is 0 Å². The number of ether oxygens (including phenoxy) is 5. The lowest BCUT2D eigenvalue weighted by Gasteiger charge is -2.31. The molecule has 1 aliphatic rings. The number of hydrogen-bond donors (Lipinski definition) is 0. The van der Waals surface area contributed by atoms with Crippen LogP contribution < -0.4 is 4.90 Å². The standard InChI is InChI=1S/C30H42N2O7/c1-8-35-20-30(16-17-36-21-30)23-14-15-25(31-24(23)19-37-18-22-12-10-9-11-13-22)32(26(33)38-28(2,3)4)27(34)39-29(5,6)7/h9-15H,8,16-21H2,1-7H3. The van der Waals surface area contributed by atoms with Gasteiger partial charge in [-0.05, 0) is 72.1 Å².